The molecule has 4 rings (SSSR count). The predicted molar refractivity (Wildman–Crippen MR) is 98.8 cm³/mol. The summed E-state index contributed by atoms with van der Waals surface area (Å²) >= 11 is 3.51. The summed E-state index contributed by atoms with van der Waals surface area (Å²) in [5.41, 5.74) is 4.98. The molecule has 0 fully saturated rings. The lowest BCUT2D eigenvalue weighted by atomic mass is 10.2. The molecule has 0 radical (unpaired) electrons. The van der Waals surface area contributed by atoms with Gasteiger partial charge in [0.2, 0.25) is 0 Å². The van der Waals surface area contributed by atoms with Crippen molar-refractivity contribution in [3.05, 3.63) is 46.9 Å². The van der Waals surface area contributed by atoms with Gasteiger partial charge in [-0.3, -0.25) is 0 Å². The predicted octanol–water partition coefficient (Wildman–Crippen LogP) is 4.06. The Hall–Kier alpha value is -1.98. The smallest absolute Gasteiger partial charge is 0.160 e. The minimum atomic E-state index is 0.897. The largest absolute Gasteiger partial charge is 0.323 e. The summed E-state index contributed by atoms with van der Waals surface area (Å²) in [4.78, 5) is 12.0. The monoisotopic (exact) mass is 368 g/mol. The first-order chi connectivity index (χ1) is 11.1. The number of benzene rings is 2. The Bertz CT molecular complexity index is 1020. The summed E-state index contributed by atoms with van der Waals surface area (Å²) in [5, 5.41) is 1.16. The Morgan fingerprint density at radius 1 is 1.04 bits per heavy atom. The van der Waals surface area contributed by atoms with Crippen LogP contribution in [-0.4, -0.2) is 40.1 Å². The summed E-state index contributed by atoms with van der Waals surface area (Å²) in [6.07, 6.45) is 0. The first kappa shape index (κ1) is 14.6. The molecular formula is C18H17BrN4. The molecule has 0 atom stereocenters. The van der Waals surface area contributed by atoms with Crippen LogP contribution in [-0.2, 0) is 6.54 Å². The average molecular weight is 369 g/mol. The average Bonchev–Trinajstić information content (AvgIpc) is 2.84. The lowest BCUT2D eigenvalue weighted by Gasteiger charge is -2.12. The fourth-order valence-electron chi connectivity index (χ4n) is 2.94. The second-order valence-corrected chi connectivity index (χ2v) is 6.92. The van der Waals surface area contributed by atoms with Gasteiger partial charge in [0.25, 0.3) is 0 Å². The van der Waals surface area contributed by atoms with Crippen molar-refractivity contribution in [3.8, 4) is 0 Å². The highest BCUT2D eigenvalue weighted by molar-refractivity contribution is 9.10. The van der Waals surface area contributed by atoms with Crippen molar-refractivity contribution >= 4 is 49.0 Å². The normalized spacial score (nSPS) is 12.0. The van der Waals surface area contributed by atoms with Gasteiger partial charge in [-0.05, 0) is 38.4 Å². The third-order valence-corrected chi connectivity index (χ3v) is 4.58. The third-order valence-electron chi connectivity index (χ3n) is 4.08. The highest BCUT2D eigenvalue weighted by atomic mass is 79.9. The minimum Gasteiger partial charge on any atom is -0.323 e. The van der Waals surface area contributed by atoms with E-state index in [0.29, 0.717) is 0 Å². The zero-order valence-electron chi connectivity index (χ0n) is 13.1. The molecule has 23 heavy (non-hydrogen) atoms. The molecule has 4 nitrogen and oxygen atoms in total. The molecule has 0 aliphatic carbocycles. The molecule has 0 spiro atoms. The van der Waals surface area contributed by atoms with Crippen LogP contribution in [0.4, 0.5) is 0 Å². The van der Waals surface area contributed by atoms with Gasteiger partial charge in [0.05, 0.1) is 16.6 Å². The van der Waals surface area contributed by atoms with Gasteiger partial charge in [-0.25, -0.2) is 9.97 Å². The van der Waals surface area contributed by atoms with Gasteiger partial charge in [0, 0.05) is 22.9 Å². The molecule has 2 aromatic heterocycles. The van der Waals surface area contributed by atoms with Crippen molar-refractivity contribution in [1.29, 1.82) is 0 Å². The van der Waals surface area contributed by atoms with Crippen molar-refractivity contribution in [3.63, 3.8) is 0 Å². The van der Waals surface area contributed by atoms with E-state index in [1.807, 2.05) is 18.2 Å². The standard InChI is InChI=1S/C18H17BrN4/c1-22(2)9-10-23-16-6-4-3-5-13(16)17-18(23)21-14-8-7-12(19)11-15(14)20-17/h3-8,11H,9-10H2,1-2H3. The Kier molecular flexibility index (Phi) is 3.54. The SMILES string of the molecule is CN(C)CCn1c2ccccc2c2nc3cc(Br)ccc3nc21. The third kappa shape index (κ3) is 2.50. The molecule has 4 aromatic rings. The lowest BCUT2D eigenvalue weighted by molar-refractivity contribution is 0.389. The lowest BCUT2D eigenvalue weighted by Crippen LogP contribution is -2.18. The number of nitrogens with zero attached hydrogens (tertiary/aromatic N) is 4. The van der Waals surface area contributed by atoms with Crippen molar-refractivity contribution in [2.45, 2.75) is 6.54 Å². The van der Waals surface area contributed by atoms with Crippen LogP contribution in [0.3, 0.4) is 0 Å². The molecule has 0 unspecified atom stereocenters. The van der Waals surface area contributed by atoms with Crippen molar-refractivity contribution < 1.29 is 0 Å². The molecule has 0 aliphatic heterocycles. The number of halogens is 1. The number of likely N-dealkylation sites (N-methyl/N-ethyl adjacent to an activating group) is 1. The number of fused-ring (bicyclic) bond motifs is 4. The maximum atomic E-state index is 4.90. The second-order valence-electron chi connectivity index (χ2n) is 6.00. The minimum absolute atomic E-state index is 0.897. The molecular weight excluding hydrogens is 352 g/mol. The molecule has 0 saturated carbocycles. The fourth-order valence-corrected chi connectivity index (χ4v) is 3.29. The Labute approximate surface area is 142 Å². The molecule has 0 amide bonds. The molecule has 0 N–H and O–H groups in total. The number of hydrogen-bond donors (Lipinski definition) is 0. The zero-order chi connectivity index (χ0) is 16.0. The van der Waals surface area contributed by atoms with Crippen LogP contribution in [0, 0.1) is 0 Å². The topological polar surface area (TPSA) is 34.0 Å². The molecule has 0 aliphatic rings. The first-order valence-corrected chi connectivity index (χ1v) is 8.42. The van der Waals surface area contributed by atoms with Crippen LogP contribution in [0.2, 0.25) is 0 Å². The van der Waals surface area contributed by atoms with Gasteiger partial charge in [-0.15, -0.1) is 0 Å². The Balaban J connectivity index is 2.06. The quantitative estimate of drug-likeness (QED) is 0.546. The second kappa shape index (κ2) is 5.58. The van der Waals surface area contributed by atoms with E-state index in [0.717, 1.165) is 45.1 Å². The Morgan fingerprint density at radius 3 is 2.70 bits per heavy atom. The van der Waals surface area contributed by atoms with Crippen LogP contribution in [0.25, 0.3) is 33.1 Å². The van der Waals surface area contributed by atoms with E-state index in [4.69, 9.17) is 9.97 Å². The maximum absolute atomic E-state index is 4.90. The Morgan fingerprint density at radius 2 is 1.87 bits per heavy atom. The van der Waals surface area contributed by atoms with Crippen molar-refractivity contribution in [1.82, 2.24) is 19.4 Å². The van der Waals surface area contributed by atoms with Crippen LogP contribution in [0.1, 0.15) is 0 Å². The molecule has 116 valence electrons. The van der Waals surface area contributed by atoms with Gasteiger partial charge in [0.1, 0.15) is 5.52 Å². The van der Waals surface area contributed by atoms with Crippen LogP contribution in [0.5, 0.6) is 0 Å². The number of hydrogen-bond acceptors (Lipinski definition) is 3. The van der Waals surface area contributed by atoms with E-state index in [9.17, 15) is 0 Å². The maximum Gasteiger partial charge on any atom is 0.160 e. The van der Waals surface area contributed by atoms with Gasteiger partial charge in [-0.1, -0.05) is 34.1 Å². The molecule has 2 heterocycles. The molecule has 0 bridgehead atoms. The van der Waals surface area contributed by atoms with Crippen molar-refractivity contribution in [2.24, 2.45) is 0 Å². The number of para-hydroxylation sites is 1. The highest BCUT2D eigenvalue weighted by Gasteiger charge is 2.14. The van der Waals surface area contributed by atoms with Gasteiger partial charge < -0.3 is 9.47 Å². The van der Waals surface area contributed by atoms with E-state index in [1.54, 1.807) is 0 Å². The fraction of sp³-hybridized carbons (Fsp3) is 0.222. The van der Waals surface area contributed by atoms with E-state index in [1.165, 1.54) is 5.52 Å². The van der Waals surface area contributed by atoms with Crippen LogP contribution in [0.15, 0.2) is 46.9 Å². The summed E-state index contributed by atoms with van der Waals surface area (Å²) < 4.78 is 3.30. The van der Waals surface area contributed by atoms with Crippen LogP contribution < -0.4 is 0 Å². The summed E-state index contributed by atoms with van der Waals surface area (Å²) in [5.74, 6) is 0. The molecule has 2 aromatic carbocycles. The van der Waals surface area contributed by atoms with Gasteiger partial charge in [-0.2, -0.15) is 0 Å². The van der Waals surface area contributed by atoms with Gasteiger partial charge >= 0.3 is 0 Å². The molecule has 5 heteroatoms. The molecule has 0 saturated heterocycles. The van der Waals surface area contributed by atoms with E-state index >= 15 is 0 Å². The number of aromatic nitrogens is 3. The summed E-state index contributed by atoms with van der Waals surface area (Å²) in [6, 6.07) is 14.5. The summed E-state index contributed by atoms with van der Waals surface area (Å²) in [6.45, 7) is 1.86. The highest BCUT2D eigenvalue weighted by Crippen LogP contribution is 2.28. The zero-order valence-corrected chi connectivity index (χ0v) is 14.7. The summed E-state index contributed by atoms with van der Waals surface area (Å²) in [7, 11) is 4.18. The van der Waals surface area contributed by atoms with Crippen LogP contribution >= 0.6 is 15.9 Å². The first-order valence-electron chi connectivity index (χ1n) is 7.62. The number of rotatable bonds is 3. The van der Waals surface area contributed by atoms with E-state index < -0.39 is 0 Å². The van der Waals surface area contributed by atoms with E-state index in [-0.39, 0.29) is 0 Å². The van der Waals surface area contributed by atoms with Gasteiger partial charge in [0.15, 0.2) is 5.65 Å². The van der Waals surface area contributed by atoms with E-state index in [2.05, 4.69) is 63.8 Å². The van der Waals surface area contributed by atoms with Crippen molar-refractivity contribution in [2.75, 3.05) is 20.6 Å².